The molecule has 32 heavy (non-hydrogen) atoms. The first-order valence-electron chi connectivity index (χ1n) is 10.6. The van der Waals surface area contributed by atoms with Gasteiger partial charge >= 0.3 is 0 Å². The number of hydrogen-bond acceptors (Lipinski definition) is 6. The number of nitrogens with one attached hydrogen (secondary N) is 1. The average molecular weight is 458 g/mol. The summed E-state index contributed by atoms with van der Waals surface area (Å²) in [7, 11) is 3.58. The highest BCUT2D eigenvalue weighted by Gasteiger charge is 2.39. The highest BCUT2D eigenvalue weighted by atomic mass is 35.5. The number of amidine groups is 2. The van der Waals surface area contributed by atoms with Crippen molar-refractivity contribution in [2.75, 3.05) is 19.0 Å². The van der Waals surface area contributed by atoms with Crippen molar-refractivity contribution in [3.63, 3.8) is 0 Å². The third kappa shape index (κ3) is 5.55. The predicted octanol–water partition coefficient (Wildman–Crippen LogP) is 3.52. The molecule has 2 heterocycles. The maximum Gasteiger partial charge on any atom is 0.219 e. The molecule has 0 amide bonds. The maximum atomic E-state index is 10.5. The Morgan fingerprint density at radius 1 is 1.19 bits per heavy atom. The second-order valence-electron chi connectivity index (χ2n) is 9.55. The van der Waals surface area contributed by atoms with Crippen LogP contribution in [0.1, 0.15) is 46.1 Å². The van der Waals surface area contributed by atoms with E-state index in [4.69, 9.17) is 17.3 Å². The summed E-state index contributed by atoms with van der Waals surface area (Å²) in [6.45, 7) is 8.93. The van der Waals surface area contributed by atoms with E-state index >= 15 is 0 Å². The van der Waals surface area contributed by atoms with Crippen LogP contribution in [0.5, 0.6) is 5.75 Å². The SMILES string of the molecule is CN=C(Cl)N=C(N)c1ccc(-c2cnc(N(C)C3CC(C)(C)NC(C)(C)C3)cn2)c(O)c1. The first-order chi connectivity index (χ1) is 14.9. The Morgan fingerprint density at radius 2 is 1.84 bits per heavy atom. The van der Waals surface area contributed by atoms with Gasteiger partial charge in [0.05, 0.1) is 18.1 Å². The van der Waals surface area contributed by atoms with E-state index < -0.39 is 0 Å². The quantitative estimate of drug-likeness (QED) is 0.368. The first kappa shape index (κ1) is 23.9. The zero-order valence-corrected chi connectivity index (χ0v) is 20.3. The molecule has 0 saturated carbocycles. The second kappa shape index (κ2) is 9.03. The van der Waals surface area contributed by atoms with Crippen molar-refractivity contribution >= 4 is 28.5 Å². The fourth-order valence-electron chi connectivity index (χ4n) is 4.49. The van der Waals surface area contributed by atoms with Crippen molar-refractivity contribution in [2.45, 2.75) is 57.7 Å². The van der Waals surface area contributed by atoms with Gasteiger partial charge in [-0.15, -0.1) is 0 Å². The van der Waals surface area contributed by atoms with Gasteiger partial charge in [0, 0.05) is 42.3 Å². The Morgan fingerprint density at radius 3 is 2.38 bits per heavy atom. The first-order valence-corrected chi connectivity index (χ1v) is 10.9. The van der Waals surface area contributed by atoms with Crippen LogP contribution in [0, 0.1) is 0 Å². The summed E-state index contributed by atoms with van der Waals surface area (Å²) in [5.41, 5.74) is 7.67. The van der Waals surface area contributed by atoms with Gasteiger partial charge in [-0.05, 0) is 64.3 Å². The van der Waals surface area contributed by atoms with E-state index in [9.17, 15) is 5.11 Å². The van der Waals surface area contributed by atoms with Crippen molar-refractivity contribution < 1.29 is 5.11 Å². The van der Waals surface area contributed by atoms with Crippen LogP contribution in [0.2, 0.25) is 0 Å². The van der Waals surface area contributed by atoms with Crippen LogP contribution in [0.25, 0.3) is 11.3 Å². The smallest absolute Gasteiger partial charge is 0.219 e. The van der Waals surface area contributed by atoms with Gasteiger partial charge in [0.25, 0.3) is 0 Å². The number of nitrogens with two attached hydrogens (primary N) is 1. The average Bonchev–Trinajstić information content (AvgIpc) is 2.71. The molecule has 2 aromatic rings. The lowest BCUT2D eigenvalue weighted by Crippen LogP contribution is -2.62. The molecule has 172 valence electrons. The second-order valence-corrected chi connectivity index (χ2v) is 9.89. The molecule has 8 nitrogen and oxygen atoms in total. The van der Waals surface area contributed by atoms with Crippen LogP contribution in [0.3, 0.4) is 0 Å². The molecule has 1 fully saturated rings. The molecule has 0 radical (unpaired) electrons. The monoisotopic (exact) mass is 457 g/mol. The lowest BCUT2D eigenvalue weighted by atomic mass is 9.79. The number of nitrogens with zero attached hydrogens (tertiary/aromatic N) is 5. The molecule has 1 aliphatic rings. The Kier molecular flexibility index (Phi) is 6.76. The topological polar surface area (TPSA) is 112 Å². The number of aromatic hydroxyl groups is 1. The van der Waals surface area contributed by atoms with E-state index in [1.807, 2.05) is 0 Å². The summed E-state index contributed by atoms with van der Waals surface area (Å²) in [5, 5.41) is 14.3. The molecule has 9 heteroatoms. The van der Waals surface area contributed by atoms with E-state index in [2.05, 4.69) is 64.9 Å². The fourth-order valence-corrected chi connectivity index (χ4v) is 4.58. The number of phenols is 1. The summed E-state index contributed by atoms with van der Waals surface area (Å²) in [5.74, 6) is 0.994. The van der Waals surface area contributed by atoms with Gasteiger partial charge in [0.2, 0.25) is 5.29 Å². The van der Waals surface area contributed by atoms with Crippen molar-refractivity contribution in [3.05, 3.63) is 36.2 Å². The number of anilines is 1. The molecule has 0 spiro atoms. The van der Waals surface area contributed by atoms with E-state index in [0.717, 1.165) is 18.7 Å². The number of rotatable bonds is 4. The number of aliphatic imine (C=N–C) groups is 2. The normalized spacial score (nSPS) is 19.1. The zero-order valence-electron chi connectivity index (χ0n) is 19.5. The minimum absolute atomic E-state index is 0.0301. The molecule has 4 N–H and O–H groups in total. The number of hydrogen-bond donors (Lipinski definition) is 3. The summed E-state index contributed by atoms with van der Waals surface area (Å²) >= 11 is 5.80. The van der Waals surface area contributed by atoms with Crippen molar-refractivity contribution in [3.8, 4) is 17.0 Å². The van der Waals surface area contributed by atoms with Crippen LogP contribution in [-0.4, -0.2) is 57.4 Å². The Labute approximate surface area is 194 Å². The number of halogens is 1. The van der Waals surface area contributed by atoms with Crippen LogP contribution < -0.4 is 16.0 Å². The summed E-state index contributed by atoms with van der Waals surface area (Å²) in [4.78, 5) is 19.1. The van der Waals surface area contributed by atoms with E-state index in [0.29, 0.717) is 22.9 Å². The van der Waals surface area contributed by atoms with Gasteiger partial charge in [-0.1, -0.05) is 6.07 Å². The van der Waals surface area contributed by atoms with E-state index in [1.165, 1.54) is 13.1 Å². The summed E-state index contributed by atoms with van der Waals surface area (Å²) < 4.78 is 0. The summed E-state index contributed by atoms with van der Waals surface area (Å²) in [6.07, 6.45) is 5.44. The fraction of sp³-hybridized carbons (Fsp3) is 0.478. The Bertz CT molecular complexity index is 1020. The predicted molar refractivity (Wildman–Crippen MR) is 132 cm³/mol. The van der Waals surface area contributed by atoms with E-state index in [1.54, 1.807) is 24.5 Å². The standard InChI is InChI=1S/C23H32ClN7O/c1-22(2)10-15(11-23(3,4)30-22)31(6)19-13-27-17(12-28-19)16-8-7-14(9-18(16)32)20(25)29-21(24)26-5/h7-9,12-13,15,30,32H,10-11H2,1-6H3,(H2,25,26,29). The molecule has 0 unspecified atom stereocenters. The molecule has 0 bridgehead atoms. The van der Waals surface area contributed by atoms with Gasteiger partial charge in [-0.2, -0.15) is 0 Å². The highest BCUT2D eigenvalue weighted by molar-refractivity contribution is 6.65. The van der Waals surface area contributed by atoms with E-state index in [-0.39, 0.29) is 28.0 Å². The van der Waals surface area contributed by atoms with Crippen LogP contribution in [0.15, 0.2) is 40.6 Å². The molecule has 1 saturated heterocycles. The minimum atomic E-state index is 0.0301. The Balaban J connectivity index is 1.80. The van der Waals surface area contributed by atoms with Gasteiger partial charge in [-0.25, -0.2) is 9.98 Å². The van der Waals surface area contributed by atoms with Crippen LogP contribution in [0.4, 0.5) is 5.82 Å². The summed E-state index contributed by atoms with van der Waals surface area (Å²) in [6, 6.07) is 5.34. The number of phenolic OH excluding ortho intramolecular Hbond substituents is 1. The molecular weight excluding hydrogens is 426 g/mol. The molecular formula is C23H32ClN7O. The Hall–Kier alpha value is -2.71. The number of aromatic nitrogens is 2. The largest absolute Gasteiger partial charge is 0.507 e. The third-order valence-corrected chi connectivity index (χ3v) is 5.94. The lowest BCUT2D eigenvalue weighted by molar-refractivity contribution is 0.160. The van der Waals surface area contributed by atoms with Gasteiger partial charge < -0.3 is 21.1 Å². The van der Waals surface area contributed by atoms with Crippen molar-refractivity contribution in [1.82, 2.24) is 15.3 Å². The van der Waals surface area contributed by atoms with Crippen molar-refractivity contribution in [1.29, 1.82) is 0 Å². The number of benzene rings is 1. The highest BCUT2D eigenvalue weighted by Crippen LogP contribution is 2.33. The van der Waals surface area contributed by atoms with Gasteiger partial charge in [0.15, 0.2) is 0 Å². The molecule has 0 atom stereocenters. The lowest BCUT2D eigenvalue weighted by Gasteiger charge is -2.49. The maximum absolute atomic E-state index is 10.5. The zero-order chi connectivity index (χ0) is 23.7. The molecule has 3 rings (SSSR count). The third-order valence-electron chi connectivity index (χ3n) is 5.68. The van der Waals surface area contributed by atoms with Crippen LogP contribution in [-0.2, 0) is 0 Å². The minimum Gasteiger partial charge on any atom is -0.507 e. The molecule has 1 aliphatic heterocycles. The van der Waals surface area contributed by atoms with Crippen LogP contribution >= 0.6 is 11.6 Å². The van der Waals surface area contributed by atoms with Gasteiger partial charge in [-0.3, -0.25) is 9.98 Å². The van der Waals surface area contributed by atoms with Gasteiger partial charge in [0.1, 0.15) is 17.4 Å². The molecule has 1 aromatic heterocycles. The number of piperidine rings is 1. The van der Waals surface area contributed by atoms with Crippen molar-refractivity contribution in [2.24, 2.45) is 15.7 Å². The molecule has 1 aromatic carbocycles. The molecule has 0 aliphatic carbocycles.